The summed E-state index contributed by atoms with van der Waals surface area (Å²) in [6.45, 7) is 6.13. The zero-order valence-electron chi connectivity index (χ0n) is 21.6. The van der Waals surface area contributed by atoms with Crippen molar-refractivity contribution in [2.24, 2.45) is 0 Å². The number of hydrogen-bond acceptors (Lipinski definition) is 7. The van der Waals surface area contributed by atoms with E-state index in [1.54, 1.807) is 42.5 Å². The van der Waals surface area contributed by atoms with Gasteiger partial charge in [-0.15, -0.1) is 0 Å². The van der Waals surface area contributed by atoms with Crippen LogP contribution in [0.25, 0.3) is 0 Å². The number of nitrogens with one attached hydrogen (secondary N) is 1. The average Bonchev–Trinajstić information content (AvgIpc) is 3.11. The average molecular weight is 535 g/mol. The number of amides is 2. The summed E-state index contributed by atoms with van der Waals surface area (Å²) >= 11 is 6.27. The number of esters is 1. The van der Waals surface area contributed by atoms with Gasteiger partial charge < -0.3 is 19.5 Å². The van der Waals surface area contributed by atoms with Crippen molar-refractivity contribution in [1.82, 2.24) is 0 Å². The molecule has 1 heterocycles. The molecule has 1 N–H and O–H groups in total. The van der Waals surface area contributed by atoms with Gasteiger partial charge in [0.25, 0.3) is 11.8 Å². The zero-order chi connectivity index (χ0) is 27.6. The Labute approximate surface area is 225 Å². The lowest BCUT2D eigenvalue weighted by Gasteiger charge is -2.22. The first-order valence-corrected chi connectivity index (χ1v) is 12.1. The van der Waals surface area contributed by atoms with Crippen LogP contribution in [-0.4, -0.2) is 32.0 Å². The summed E-state index contributed by atoms with van der Waals surface area (Å²) in [7, 11) is 2.90. The van der Waals surface area contributed by atoms with Crippen LogP contribution in [0.3, 0.4) is 0 Å². The predicted molar refractivity (Wildman–Crippen MR) is 145 cm³/mol. The maximum atomic E-state index is 13.2. The number of nitrogens with zero attached hydrogens (tertiary/aromatic N) is 1. The number of imide groups is 1. The molecule has 0 saturated heterocycles. The fourth-order valence-corrected chi connectivity index (χ4v) is 4.18. The molecule has 0 spiro atoms. The molecule has 0 aliphatic carbocycles. The lowest BCUT2D eigenvalue weighted by molar-refractivity contribution is -0.120. The first kappa shape index (κ1) is 26.8. The van der Waals surface area contributed by atoms with E-state index in [4.69, 9.17) is 25.8 Å². The summed E-state index contributed by atoms with van der Waals surface area (Å²) in [6.07, 6.45) is 0. The molecule has 2 amide bonds. The van der Waals surface area contributed by atoms with Gasteiger partial charge in [0, 0.05) is 17.3 Å². The molecule has 3 aromatic rings. The molecule has 0 atom stereocenters. The Bertz CT molecular complexity index is 1440. The maximum Gasteiger partial charge on any atom is 0.343 e. The Kier molecular flexibility index (Phi) is 7.46. The lowest BCUT2D eigenvalue weighted by atomic mass is 9.86. The number of hydrogen-bond donors (Lipinski definition) is 1. The Balaban J connectivity index is 1.52. The van der Waals surface area contributed by atoms with E-state index < -0.39 is 17.8 Å². The molecular formula is C29H27ClN2O6. The van der Waals surface area contributed by atoms with Gasteiger partial charge in [-0.05, 0) is 47.9 Å². The lowest BCUT2D eigenvalue weighted by Crippen LogP contribution is -2.32. The third-order valence-electron chi connectivity index (χ3n) is 5.94. The van der Waals surface area contributed by atoms with Crippen LogP contribution in [0.15, 0.2) is 77.5 Å². The van der Waals surface area contributed by atoms with Crippen LogP contribution in [0, 0.1) is 0 Å². The van der Waals surface area contributed by atoms with Gasteiger partial charge in [-0.3, -0.25) is 9.59 Å². The van der Waals surface area contributed by atoms with Gasteiger partial charge in [-0.2, -0.15) is 0 Å². The SMILES string of the molecule is COc1ccc(OC)c(N2C(=O)C(Cl)=C(Nc3ccc(C(=O)Oc4ccccc4C(C)(C)C)cc3)C2=O)c1. The van der Waals surface area contributed by atoms with Gasteiger partial charge >= 0.3 is 5.97 Å². The number of carbonyl (C=O) groups excluding carboxylic acids is 3. The van der Waals surface area contributed by atoms with Gasteiger partial charge in [-0.1, -0.05) is 50.6 Å². The number of carbonyl (C=O) groups is 3. The Hall–Kier alpha value is -4.30. The van der Waals surface area contributed by atoms with Gasteiger partial charge in [0.15, 0.2) is 0 Å². The summed E-state index contributed by atoms with van der Waals surface area (Å²) in [5, 5.41) is 2.62. The molecule has 196 valence electrons. The third kappa shape index (κ3) is 5.21. The highest BCUT2D eigenvalue weighted by Crippen LogP contribution is 2.38. The monoisotopic (exact) mass is 534 g/mol. The minimum absolute atomic E-state index is 0.101. The van der Waals surface area contributed by atoms with E-state index in [2.05, 4.69) is 5.32 Å². The summed E-state index contributed by atoms with van der Waals surface area (Å²) in [5.74, 6) is -0.654. The van der Waals surface area contributed by atoms with E-state index in [0.717, 1.165) is 10.5 Å². The van der Waals surface area contributed by atoms with Crippen LogP contribution in [-0.2, 0) is 15.0 Å². The summed E-state index contributed by atoms with van der Waals surface area (Å²) in [4.78, 5) is 39.9. The minimum atomic E-state index is -0.705. The maximum absolute atomic E-state index is 13.2. The summed E-state index contributed by atoms with van der Waals surface area (Å²) in [5.41, 5.74) is 1.57. The van der Waals surface area contributed by atoms with Crippen molar-refractivity contribution >= 4 is 40.8 Å². The van der Waals surface area contributed by atoms with Crippen LogP contribution in [0.1, 0.15) is 36.7 Å². The van der Waals surface area contributed by atoms with Crippen LogP contribution >= 0.6 is 11.6 Å². The quantitative estimate of drug-likeness (QED) is 0.237. The normalized spacial score (nSPS) is 13.6. The van der Waals surface area contributed by atoms with E-state index in [0.29, 0.717) is 28.5 Å². The number of benzene rings is 3. The molecule has 1 aliphatic heterocycles. The second kappa shape index (κ2) is 10.6. The molecule has 0 bridgehead atoms. The van der Waals surface area contributed by atoms with Crippen LogP contribution in [0.2, 0.25) is 0 Å². The van der Waals surface area contributed by atoms with Crippen molar-refractivity contribution in [2.75, 3.05) is 24.4 Å². The van der Waals surface area contributed by atoms with Crippen LogP contribution in [0.5, 0.6) is 17.2 Å². The third-order valence-corrected chi connectivity index (χ3v) is 6.29. The Morgan fingerprint density at radius 3 is 2.18 bits per heavy atom. The second-order valence-corrected chi connectivity index (χ2v) is 9.89. The number of methoxy groups -OCH3 is 2. The molecule has 9 heteroatoms. The molecule has 1 aliphatic rings. The number of para-hydroxylation sites is 1. The van der Waals surface area contributed by atoms with Crippen molar-refractivity contribution in [1.29, 1.82) is 0 Å². The Morgan fingerprint density at radius 2 is 1.55 bits per heavy atom. The first-order chi connectivity index (χ1) is 18.0. The van der Waals surface area contributed by atoms with E-state index in [1.165, 1.54) is 20.3 Å². The predicted octanol–water partition coefficient (Wildman–Crippen LogP) is 5.66. The van der Waals surface area contributed by atoms with E-state index in [1.807, 2.05) is 39.0 Å². The van der Waals surface area contributed by atoms with Crippen molar-refractivity contribution in [2.45, 2.75) is 26.2 Å². The molecule has 8 nitrogen and oxygen atoms in total. The molecule has 0 unspecified atom stereocenters. The molecular weight excluding hydrogens is 508 g/mol. The highest BCUT2D eigenvalue weighted by molar-refractivity contribution is 6.53. The largest absolute Gasteiger partial charge is 0.497 e. The smallest absolute Gasteiger partial charge is 0.343 e. The number of rotatable bonds is 7. The minimum Gasteiger partial charge on any atom is -0.497 e. The van der Waals surface area contributed by atoms with Gasteiger partial charge in [0.2, 0.25) is 0 Å². The Morgan fingerprint density at radius 1 is 0.868 bits per heavy atom. The highest BCUT2D eigenvalue weighted by Gasteiger charge is 2.40. The molecule has 0 aromatic heterocycles. The van der Waals surface area contributed by atoms with Crippen molar-refractivity contribution in [3.63, 3.8) is 0 Å². The topological polar surface area (TPSA) is 94.2 Å². The standard InChI is InChI=1S/C29H27ClN2O6/c1-29(2,3)20-8-6-7-9-22(20)38-28(35)17-10-12-18(13-11-17)31-25-24(30)26(33)32(27(25)34)21-16-19(36-4)14-15-23(21)37-5/h6-16,31H,1-5H3. The molecule has 0 radical (unpaired) electrons. The van der Waals surface area contributed by atoms with E-state index in [-0.39, 0.29) is 21.8 Å². The fraction of sp³-hybridized carbons (Fsp3) is 0.207. The number of anilines is 2. The van der Waals surface area contributed by atoms with E-state index >= 15 is 0 Å². The van der Waals surface area contributed by atoms with Gasteiger partial charge in [0.05, 0.1) is 25.5 Å². The van der Waals surface area contributed by atoms with E-state index in [9.17, 15) is 14.4 Å². The zero-order valence-corrected chi connectivity index (χ0v) is 22.4. The van der Waals surface area contributed by atoms with Crippen LogP contribution in [0.4, 0.5) is 11.4 Å². The molecule has 0 saturated carbocycles. The van der Waals surface area contributed by atoms with Crippen molar-refractivity contribution in [3.8, 4) is 17.2 Å². The molecule has 0 fully saturated rings. The van der Waals surface area contributed by atoms with Crippen molar-refractivity contribution in [3.05, 3.63) is 88.6 Å². The summed E-state index contributed by atoms with van der Waals surface area (Å²) in [6, 6.07) is 18.5. The second-order valence-electron chi connectivity index (χ2n) is 9.51. The van der Waals surface area contributed by atoms with Crippen LogP contribution < -0.4 is 24.4 Å². The van der Waals surface area contributed by atoms with Gasteiger partial charge in [-0.25, -0.2) is 9.69 Å². The highest BCUT2D eigenvalue weighted by atomic mass is 35.5. The first-order valence-electron chi connectivity index (χ1n) is 11.7. The van der Waals surface area contributed by atoms with Crippen molar-refractivity contribution < 1.29 is 28.6 Å². The summed E-state index contributed by atoms with van der Waals surface area (Å²) < 4.78 is 16.2. The number of halogens is 1. The fourth-order valence-electron chi connectivity index (χ4n) is 3.97. The van der Waals surface area contributed by atoms with Gasteiger partial charge in [0.1, 0.15) is 28.0 Å². The molecule has 4 rings (SSSR count). The number of ether oxygens (including phenoxy) is 3. The molecule has 38 heavy (non-hydrogen) atoms. The molecule has 3 aromatic carbocycles.